The van der Waals surface area contributed by atoms with Crippen molar-refractivity contribution in [2.24, 2.45) is 7.05 Å². The lowest BCUT2D eigenvalue weighted by Gasteiger charge is -2.31. The van der Waals surface area contributed by atoms with Crippen molar-refractivity contribution in [3.05, 3.63) is 46.5 Å². The van der Waals surface area contributed by atoms with Gasteiger partial charge in [0.2, 0.25) is 0 Å². The van der Waals surface area contributed by atoms with Crippen LogP contribution in [0.5, 0.6) is 0 Å². The third-order valence-electron chi connectivity index (χ3n) is 4.51. The maximum atomic E-state index is 12.8. The number of benzene rings is 1. The molecule has 0 spiro atoms. The number of rotatable bonds is 5. The Kier molecular flexibility index (Phi) is 4.96. The van der Waals surface area contributed by atoms with Crippen LogP contribution in [-0.2, 0) is 23.1 Å². The highest BCUT2D eigenvalue weighted by Gasteiger charge is 2.29. The largest absolute Gasteiger partial charge is 0.379 e. The number of carbonyl (C=O) groups is 1. The topological polar surface area (TPSA) is 78.3 Å². The summed E-state index contributed by atoms with van der Waals surface area (Å²) in [5.74, 6) is -0.209. The molecule has 1 aliphatic rings. The first-order chi connectivity index (χ1) is 12.7. The summed E-state index contributed by atoms with van der Waals surface area (Å²) < 4.78 is 13.3. The van der Waals surface area contributed by atoms with E-state index in [1.165, 1.54) is 0 Å². The van der Waals surface area contributed by atoms with Gasteiger partial charge in [0.05, 0.1) is 42.1 Å². The van der Waals surface area contributed by atoms with E-state index >= 15 is 0 Å². The quantitative estimate of drug-likeness (QED) is 0.742. The molecule has 26 heavy (non-hydrogen) atoms. The van der Waals surface area contributed by atoms with Crippen LogP contribution < -0.4 is 5.32 Å². The van der Waals surface area contributed by atoms with Crippen molar-refractivity contribution < 1.29 is 14.3 Å². The Morgan fingerprint density at radius 2 is 2.35 bits per heavy atom. The van der Waals surface area contributed by atoms with Gasteiger partial charge in [-0.15, -0.1) is 11.3 Å². The summed E-state index contributed by atoms with van der Waals surface area (Å²) >= 11 is 1.54. The molecule has 0 bridgehead atoms. The molecule has 1 aromatic carbocycles. The first-order valence-electron chi connectivity index (χ1n) is 8.51. The molecule has 1 N–H and O–H groups in total. The Balaban J connectivity index is 1.47. The van der Waals surface area contributed by atoms with Gasteiger partial charge in [-0.3, -0.25) is 9.48 Å². The number of thiazole rings is 1. The zero-order valence-corrected chi connectivity index (χ0v) is 15.2. The first kappa shape index (κ1) is 17.1. The summed E-state index contributed by atoms with van der Waals surface area (Å²) in [6.45, 7) is 1.49. The van der Waals surface area contributed by atoms with Crippen LogP contribution in [0.3, 0.4) is 0 Å². The van der Waals surface area contributed by atoms with Crippen molar-refractivity contribution in [2.45, 2.75) is 25.2 Å². The van der Waals surface area contributed by atoms with E-state index in [9.17, 15) is 4.79 Å². The standard InChI is InChI=1S/C18H20N4O3S/c1-22-15-5-3-2-4-13(15)17(21-22)18(23)20-14-9-24-7-6-16(14)25-8-12-10-26-11-19-12/h2-5,10-11,14,16H,6-9H2,1H3,(H,20,23)/t14-,16+/m1/s1. The van der Waals surface area contributed by atoms with Crippen LogP contribution in [0.4, 0.5) is 0 Å². The second-order valence-corrected chi connectivity index (χ2v) is 6.98. The van der Waals surface area contributed by atoms with Gasteiger partial charge < -0.3 is 14.8 Å². The molecule has 1 aliphatic heterocycles. The Hall–Kier alpha value is -2.29. The van der Waals surface area contributed by atoms with Crippen molar-refractivity contribution in [1.82, 2.24) is 20.1 Å². The number of ether oxygens (including phenoxy) is 2. The van der Waals surface area contributed by atoms with Crippen LogP contribution in [0, 0.1) is 0 Å². The molecule has 1 saturated heterocycles. The second kappa shape index (κ2) is 7.53. The number of para-hydroxylation sites is 1. The molecule has 136 valence electrons. The molecular formula is C18H20N4O3S. The highest BCUT2D eigenvalue weighted by molar-refractivity contribution is 7.07. The van der Waals surface area contributed by atoms with Gasteiger partial charge in [0.15, 0.2) is 5.69 Å². The minimum absolute atomic E-state index is 0.107. The summed E-state index contributed by atoms with van der Waals surface area (Å²) in [6.07, 6.45) is 0.627. The van der Waals surface area contributed by atoms with E-state index in [-0.39, 0.29) is 18.1 Å². The van der Waals surface area contributed by atoms with Crippen LogP contribution in [0.1, 0.15) is 22.6 Å². The van der Waals surface area contributed by atoms with E-state index in [4.69, 9.17) is 9.47 Å². The SMILES string of the molecule is Cn1nc(C(=O)N[C@@H]2COCC[C@@H]2OCc2cscn2)c2ccccc21. The Morgan fingerprint density at radius 3 is 3.19 bits per heavy atom. The van der Waals surface area contributed by atoms with Crippen LogP contribution in [0.25, 0.3) is 10.9 Å². The minimum atomic E-state index is -0.212. The predicted molar refractivity (Wildman–Crippen MR) is 98.1 cm³/mol. The van der Waals surface area contributed by atoms with Crippen molar-refractivity contribution in [2.75, 3.05) is 13.2 Å². The molecule has 3 heterocycles. The van der Waals surface area contributed by atoms with E-state index in [2.05, 4.69) is 15.4 Å². The Labute approximate surface area is 154 Å². The zero-order chi connectivity index (χ0) is 17.9. The number of nitrogens with zero attached hydrogens (tertiary/aromatic N) is 3. The van der Waals surface area contributed by atoms with E-state index in [1.807, 2.05) is 36.7 Å². The lowest BCUT2D eigenvalue weighted by molar-refractivity contribution is -0.0612. The molecule has 2 atom stereocenters. The number of hydrogen-bond donors (Lipinski definition) is 1. The van der Waals surface area contributed by atoms with Crippen molar-refractivity contribution >= 4 is 28.1 Å². The number of fused-ring (bicyclic) bond motifs is 1. The third-order valence-corrected chi connectivity index (χ3v) is 5.15. The van der Waals surface area contributed by atoms with Crippen LogP contribution in [0.2, 0.25) is 0 Å². The summed E-state index contributed by atoms with van der Waals surface area (Å²) in [7, 11) is 1.84. The van der Waals surface area contributed by atoms with E-state index in [1.54, 1.807) is 21.5 Å². The molecule has 3 aromatic rings. The molecular weight excluding hydrogens is 352 g/mol. The number of nitrogens with one attached hydrogen (secondary N) is 1. The van der Waals surface area contributed by atoms with Gasteiger partial charge in [-0.2, -0.15) is 5.10 Å². The normalized spacial score (nSPS) is 20.3. The molecule has 0 unspecified atom stereocenters. The monoisotopic (exact) mass is 372 g/mol. The zero-order valence-electron chi connectivity index (χ0n) is 14.4. The summed E-state index contributed by atoms with van der Waals surface area (Å²) in [4.78, 5) is 17.0. The third kappa shape index (κ3) is 3.48. The molecule has 1 fully saturated rings. The van der Waals surface area contributed by atoms with Gasteiger partial charge in [0.25, 0.3) is 5.91 Å². The summed E-state index contributed by atoms with van der Waals surface area (Å²) in [5, 5.41) is 10.2. The minimum Gasteiger partial charge on any atom is -0.379 e. The maximum absolute atomic E-state index is 12.8. The van der Waals surface area contributed by atoms with Crippen molar-refractivity contribution in [3.63, 3.8) is 0 Å². The first-order valence-corrected chi connectivity index (χ1v) is 9.45. The van der Waals surface area contributed by atoms with Crippen LogP contribution >= 0.6 is 11.3 Å². The van der Waals surface area contributed by atoms with Gasteiger partial charge in [-0.1, -0.05) is 18.2 Å². The molecule has 0 saturated carbocycles. The average molecular weight is 372 g/mol. The maximum Gasteiger partial charge on any atom is 0.272 e. The van der Waals surface area contributed by atoms with Crippen molar-refractivity contribution in [1.29, 1.82) is 0 Å². The lowest BCUT2D eigenvalue weighted by Crippen LogP contribution is -2.50. The number of amides is 1. The molecule has 2 aromatic heterocycles. The van der Waals surface area contributed by atoms with E-state index in [0.29, 0.717) is 25.5 Å². The number of hydrogen-bond acceptors (Lipinski definition) is 6. The molecule has 0 aliphatic carbocycles. The van der Waals surface area contributed by atoms with Gasteiger partial charge in [-0.25, -0.2) is 4.98 Å². The van der Waals surface area contributed by atoms with E-state index < -0.39 is 0 Å². The molecule has 7 nitrogen and oxygen atoms in total. The number of aryl methyl sites for hydroxylation is 1. The highest BCUT2D eigenvalue weighted by Crippen LogP contribution is 2.19. The molecule has 0 radical (unpaired) electrons. The average Bonchev–Trinajstić information content (AvgIpc) is 3.29. The molecule has 4 rings (SSSR count). The van der Waals surface area contributed by atoms with Crippen molar-refractivity contribution in [3.8, 4) is 0 Å². The van der Waals surface area contributed by atoms with Gasteiger partial charge in [0, 0.05) is 24.4 Å². The molecule has 1 amide bonds. The van der Waals surface area contributed by atoms with E-state index in [0.717, 1.165) is 23.0 Å². The van der Waals surface area contributed by atoms with Gasteiger partial charge in [-0.05, 0) is 12.5 Å². The highest BCUT2D eigenvalue weighted by atomic mass is 32.1. The summed E-state index contributed by atoms with van der Waals surface area (Å²) in [5.41, 5.74) is 4.04. The fraction of sp³-hybridized carbons (Fsp3) is 0.389. The summed E-state index contributed by atoms with van der Waals surface area (Å²) in [6, 6.07) is 7.48. The Bertz CT molecular complexity index is 893. The fourth-order valence-corrected chi connectivity index (χ4v) is 3.72. The number of aromatic nitrogens is 3. The predicted octanol–water partition coefficient (Wildman–Crippen LogP) is 2.13. The fourth-order valence-electron chi connectivity index (χ4n) is 3.17. The van der Waals surface area contributed by atoms with Gasteiger partial charge in [0.1, 0.15) is 0 Å². The van der Waals surface area contributed by atoms with Gasteiger partial charge >= 0.3 is 0 Å². The Morgan fingerprint density at radius 1 is 1.46 bits per heavy atom. The second-order valence-electron chi connectivity index (χ2n) is 6.26. The smallest absolute Gasteiger partial charge is 0.272 e. The van der Waals surface area contributed by atoms with Crippen LogP contribution in [0.15, 0.2) is 35.2 Å². The molecule has 8 heteroatoms. The lowest BCUT2D eigenvalue weighted by atomic mass is 10.1. The van der Waals surface area contributed by atoms with Crippen LogP contribution in [-0.4, -0.2) is 46.0 Å². The number of carbonyl (C=O) groups excluding carboxylic acids is 1.